The van der Waals surface area contributed by atoms with Crippen molar-refractivity contribution in [2.75, 3.05) is 36.5 Å². The molecule has 35 heteroatoms. The predicted molar refractivity (Wildman–Crippen MR) is 188 cm³/mol. The van der Waals surface area contributed by atoms with Crippen molar-refractivity contribution in [2.45, 2.75) is 49.1 Å². The number of nitrogen functional groups attached to an aromatic ring is 2. The quantitative estimate of drug-likeness (QED) is 0.0432. The van der Waals surface area contributed by atoms with Crippen molar-refractivity contribution in [1.29, 1.82) is 0 Å². The van der Waals surface area contributed by atoms with E-state index < -0.39 is 112 Å². The van der Waals surface area contributed by atoms with Gasteiger partial charge in [0.2, 0.25) is 7.57 Å². The third-order valence-corrected chi connectivity index (χ3v) is 18.8. The molecule has 29 nitrogen and oxygen atoms in total. The van der Waals surface area contributed by atoms with E-state index in [2.05, 4.69) is 38.5 Å². The molecule has 0 bridgehead atoms. The first-order valence-electron chi connectivity index (χ1n) is 15.6. The molecule has 0 spiro atoms. The number of nitrogens with zero attached hydrogens (tertiary/aromatic N) is 8. The molecule has 12 atom stereocenters. The van der Waals surface area contributed by atoms with Gasteiger partial charge in [-0.1, -0.05) is 0 Å². The number of aromatic nitrogens is 8. The Morgan fingerprint density at radius 3 is 1.35 bits per heavy atom. The Kier molecular flexibility index (Phi) is 12.4. The van der Waals surface area contributed by atoms with Gasteiger partial charge in [-0.05, 0) is 0 Å². The minimum atomic E-state index is -5.70. The number of ether oxygens (including phenoxy) is 2. The monoisotopic (exact) mass is 906 g/mol. The number of hydrogen-bond donors (Lipinski definition) is 10. The van der Waals surface area contributed by atoms with Crippen LogP contribution in [0.4, 0.5) is 11.6 Å². The molecular formula is C22H32BN10O19P5. The van der Waals surface area contributed by atoms with Gasteiger partial charge in [-0.3, -0.25) is 32.0 Å². The summed E-state index contributed by atoms with van der Waals surface area (Å²) in [5.74, 6) is -3.75. The van der Waals surface area contributed by atoms with Gasteiger partial charge in [0.15, 0.2) is 47.2 Å². The molecule has 12 N–H and O–H groups in total. The summed E-state index contributed by atoms with van der Waals surface area (Å²) in [5, 5.41) is 42.0. The molecule has 6 heterocycles. The molecule has 0 saturated carbocycles. The largest absolute Gasteiger partial charge is 0.387 e. The van der Waals surface area contributed by atoms with Gasteiger partial charge >= 0.3 is 30.4 Å². The molecule has 2 fully saturated rings. The number of anilines is 2. The van der Waals surface area contributed by atoms with Crippen molar-refractivity contribution in [3.05, 3.63) is 25.3 Å². The fraction of sp³-hybridized carbons (Fsp3) is 0.545. The fourth-order valence-electron chi connectivity index (χ4n) is 5.64. The predicted octanol–water partition coefficient (Wildman–Crippen LogP) is -1.93. The topological polar surface area (TPSA) is 442 Å². The van der Waals surface area contributed by atoms with Crippen molar-refractivity contribution in [1.82, 2.24) is 39.0 Å². The van der Waals surface area contributed by atoms with E-state index in [-0.39, 0.29) is 34.0 Å². The maximum atomic E-state index is 12.7. The molecule has 0 aromatic carbocycles. The summed E-state index contributed by atoms with van der Waals surface area (Å²) in [6.45, 7) is -1.98. The minimum Gasteiger partial charge on any atom is -0.387 e. The van der Waals surface area contributed by atoms with E-state index >= 15 is 0 Å². The van der Waals surface area contributed by atoms with Crippen molar-refractivity contribution in [3.63, 3.8) is 0 Å². The maximum absolute atomic E-state index is 12.7. The molecule has 6 rings (SSSR count). The van der Waals surface area contributed by atoms with Gasteiger partial charge in [-0.2, -0.15) is 0 Å². The van der Waals surface area contributed by atoms with Gasteiger partial charge in [0, 0.05) is 0 Å². The lowest BCUT2D eigenvalue weighted by molar-refractivity contribution is -0.0483. The summed E-state index contributed by atoms with van der Waals surface area (Å²) >= 11 is 0. The lowest BCUT2D eigenvalue weighted by atomic mass is 10.1. The number of nitrogens with two attached hydrogens (primary N) is 2. The van der Waals surface area contributed by atoms with Crippen LogP contribution >= 0.6 is 37.9 Å². The van der Waals surface area contributed by atoms with E-state index in [0.29, 0.717) is 0 Å². The number of imidazole rings is 2. The first-order chi connectivity index (χ1) is 26.4. The molecule has 4 aromatic heterocycles. The molecule has 57 heavy (non-hydrogen) atoms. The Hall–Kier alpha value is -2.65. The van der Waals surface area contributed by atoms with Gasteiger partial charge in [-0.15, -0.1) is 0 Å². The van der Waals surface area contributed by atoms with E-state index in [4.69, 9.17) is 37.6 Å². The van der Waals surface area contributed by atoms with Gasteiger partial charge in [-0.25, -0.2) is 38.5 Å². The zero-order valence-corrected chi connectivity index (χ0v) is 32.8. The van der Waals surface area contributed by atoms with Gasteiger partial charge in [0.1, 0.15) is 60.3 Å². The van der Waals surface area contributed by atoms with Gasteiger partial charge in [0.25, 0.3) is 7.47 Å². The molecule has 2 saturated heterocycles. The Bertz CT molecular complexity index is 2230. The normalized spacial score (nSPS) is 30.7. The number of hydrogen-bond acceptors (Lipinski definition) is 23. The van der Waals surface area contributed by atoms with E-state index in [1.165, 1.54) is 9.13 Å². The van der Waals surface area contributed by atoms with Crippen molar-refractivity contribution < 1.29 is 90.0 Å². The zero-order chi connectivity index (χ0) is 41.9. The third-order valence-electron chi connectivity index (χ3n) is 8.08. The number of aliphatic hydroxyl groups excluding tert-OH is 4. The highest BCUT2D eigenvalue weighted by Crippen LogP contribution is 2.72. The zero-order valence-electron chi connectivity index (χ0n) is 28.4. The lowest BCUT2D eigenvalue weighted by Gasteiger charge is -2.24. The molecule has 2 aliphatic rings. The first-order valence-corrected chi connectivity index (χ1v) is 24.3. The smallest absolute Gasteiger partial charge is 0.346 e. The fourth-order valence-corrected chi connectivity index (χ4v) is 15.2. The average Bonchev–Trinajstić information content (AvgIpc) is 3.83. The highest BCUT2D eigenvalue weighted by molar-refractivity contribution is 7.89. The second-order valence-corrected chi connectivity index (χ2v) is 22.7. The van der Waals surface area contributed by atoms with Gasteiger partial charge < -0.3 is 70.0 Å². The van der Waals surface area contributed by atoms with Crippen LogP contribution in [0.5, 0.6) is 0 Å². The third kappa shape index (κ3) is 9.88. The summed E-state index contributed by atoms with van der Waals surface area (Å²) in [5.41, 5.74) is 11.9. The van der Waals surface area contributed by atoms with Crippen LogP contribution in [0.2, 0.25) is 0 Å². The Labute approximate surface area is 319 Å². The molecule has 4 unspecified atom stereocenters. The molecule has 2 aliphatic heterocycles. The average molecular weight is 906 g/mol. The Morgan fingerprint density at radius 1 is 0.614 bits per heavy atom. The van der Waals surface area contributed by atoms with E-state index in [9.17, 15) is 62.8 Å². The van der Waals surface area contributed by atoms with Crippen LogP contribution in [0.15, 0.2) is 25.3 Å². The number of aliphatic hydroxyl groups is 4. The summed E-state index contributed by atoms with van der Waals surface area (Å²) in [6, 6.07) is 0. The van der Waals surface area contributed by atoms with Crippen LogP contribution in [0.3, 0.4) is 0 Å². The van der Waals surface area contributed by atoms with Crippen molar-refractivity contribution in [3.8, 4) is 0 Å². The Morgan fingerprint density at radius 2 is 0.982 bits per heavy atom. The van der Waals surface area contributed by atoms with E-state index in [1.54, 1.807) is 0 Å². The summed E-state index contributed by atoms with van der Waals surface area (Å²) in [6.07, 6.45) is -8.19. The van der Waals surface area contributed by atoms with Crippen LogP contribution in [-0.2, 0) is 50.0 Å². The molecule has 2 radical (unpaired) electrons. The highest BCUT2D eigenvalue weighted by atomic mass is 31.3. The summed E-state index contributed by atoms with van der Waals surface area (Å²) in [4.78, 5) is 64.3. The highest BCUT2D eigenvalue weighted by Gasteiger charge is 2.49. The van der Waals surface area contributed by atoms with E-state index in [1.807, 2.05) is 0 Å². The molecule has 0 aliphatic carbocycles. The summed E-state index contributed by atoms with van der Waals surface area (Å²) < 4.78 is 94.7. The lowest BCUT2D eigenvalue weighted by Crippen LogP contribution is -2.33. The maximum Gasteiger partial charge on any atom is 0.346 e. The SMILES string of the molecule is [B]P(=O)(OP(=O)(O)CP(=O)(O)OC[C@H]1O[C@@H](n2cnc3c(N)ncnc32)[C@H](O)[C@@H]1O)OP(=O)(O)CP(=O)(O)OC[C@H]1O[C@@H](n2cnc3c(N)ncnc32)[C@H](O)[C@@H]1O. The molecule has 0 amide bonds. The van der Waals surface area contributed by atoms with Crippen LogP contribution in [-0.4, -0.2) is 148 Å². The van der Waals surface area contributed by atoms with Crippen molar-refractivity contribution in [2.24, 2.45) is 0 Å². The van der Waals surface area contributed by atoms with Crippen LogP contribution in [0.1, 0.15) is 12.5 Å². The number of fused-ring (bicyclic) bond motifs is 2. The second-order valence-electron chi connectivity index (χ2n) is 12.4. The van der Waals surface area contributed by atoms with Crippen LogP contribution in [0, 0.1) is 0 Å². The molecule has 4 aromatic rings. The van der Waals surface area contributed by atoms with Crippen molar-refractivity contribution >= 4 is 79.4 Å². The summed E-state index contributed by atoms with van der Waals surface area (Å²) in [7, 11) is -22.4. The van der Waals surface area contributed by atoms with E-state index in [0.717, 1.165) is 25.3 Å². The van der Waals surface area contributed by atoms with Crippen LogP contribution < -0.4 is 11.5 Å². The van der Waals surface area contributed by atoms with Crippen LogP contribution in [0.25, 0.3) is 22.3 Å². The standard InChI is InChI=1S/C22H32BN10O19P5/c23-57(46,51-55(42,43)7-53(38,39)47-1-9-13(34)15(36)21(49-9)32-5-30-11-17(24)26-3-28-19(11)32)52-56(44,45)8-54(40,41)48-2-10-14(35)16(37)22(50-10)33-6-31-12-18(25)27-4-29-20(12)33/h3-6,9-10,13-16,21-22,34-37H,1-2,7-8H2,(H,38,39)(H,40,41)(H,42,43)(H,44,45)(H2,24,26,28)(H2,25,27,29)/t9-,10-,13-,14-,15-,16-,21-,22-/m1/s1. The number of rotatable bonds is 16. The molecule has 312 valence electrons. The second kappa shape index (κ2) is 16.1. The molecular weight excluding hydrogens is 874 g/mol. The Balaban J connectivity index is 1.00. The first kappa shape index (κ1) is 43.9. The van der Waals surface area contributed by atoms with Gasteiger partial charge in [0.05, 0.1) is 25.9 Å². The minimum absolute atomic E-state index is 0.00616.